The molecule has 4 unspecified atom stereocenters. The number of unbranched alkanes of at least 4 members (excludes halogenated alkanes) is 1. The number of ether oxygens (including phenoxy) is 1. The van der Waals surface area contributed by atoms with Gasteiger partial charge in [0.05, 0.1) is 12.8 Å². The Morgan fingerprint density at radius 1 is 0.875 bits per heavy atom. The molecule has 1 aromatic heterocycles. The predicted molar refractivity (Wildman–Crippen MR) is 125 cm³/mol. The van der Waals surface area contributed by atoms with E-state index in [4.69, 9.17) is 4.74 Å². The van der Waals surface area contributed by atoms with Crippen LogP contribution >= 0.6 is 0 Å². The molecule has 2 bridgehead atoms. The fraction of sp³-hybridized carbons (Fsp3) is 0.538. The lowest BCUT2D eigenvalue weighted by atomic mass is 9.73. The summed E-state index contributed by atoms with van der Waals surface area (Å²) < 4.78 is 7.29. The number of hydrogen-bond acceptors (Lipinski definition) is 5. The number of hydrogen-bond donors (Lipinski definition) is 2. The van der Waals surface area contributed by atoms with Crippen LogP contribution in [0.5, 0.6) is 17.5 Å². The van der Waals surface area contributed by atoms with Crippen molar-refractivity contribution in [3.05, 3.63) is 47.5 Å². The van der Waals surface area contributed by atoms with Gasteiger partial charge in [-0.25, -0.2) is 0 Å². The van der Waals surface area contributed by atoms with Crippen LogP contribution < -0.4 is 9.64 Å². The van der Waals surface area contributed by atoms with Crippen molar-refractivity contribution in [1.29, 1.82) is 0 Å². The molecular formula is C26H33N3O3. The van der Waals surface area contributed by atoms with Crippen LogP contribution in [0.15, 0.2) is 36.4 Å². The molecule has 2 heterocycles. The first-order valence-corrected chi connectivity index (χ1v) is 12.1. The molecule has 1 aromatic carbocycles. The van der Waals surface area contributed by atoms with Crippen molar-refractivity contribution in [2.75, 3.05) is 44.7 Å². The monoisotopic (exact) mass is 435 g/mol. The van der Waals surface area contributed by atoms with Crippen LogP contribution in [0.1, 0.15) is 42.2 Å². The number of rotatable bonds is 7. The van der Waals surface area contributed by atoms with Crippen molar-refractivity contribution < 1.29 is 14.9 Å². The van der Waals surface area contributed by atoms with Crippen molar-refractivity contribution in [3.8, 4) is 17.5 Å². The van der Waals surface area contributed by atoms with Gasteiger partial charge in [0.1, 0.15) is 5.75 Å². The number of aromatic hydroxyl groups is 2. The highest BCUT2D eigenvalue weighted by Crippen LogP contribution is 2.67. The van der Waals surface area contributed by atoms with E-state index in [1.54, 1.807) is 11.7 Å². The molecule has 0 spiro atoms. The number of nitrogens with zero attached hydrogens (tertiary/aromatic N) is 3. The Morgan fingerprint density at radius 3 is 2.16 bits per heavy atom. The summed E-state index contributed by atoms with van der Waals surface area (Å²) in [7, 11) is 1.73. The number of benzene rings is 1. The summed E-state index contributed by atoms with van der Waals surface area (Å²) in [4.78, 5) is 4.92. The van der Waals surface area contributed by atoms with Gasteiger partial charge in [0.15, 0.2) is 11.8 Å². The Hall–Kier alpha value is -2.60. The third-order valence-electron chi connectivity index (χ3n) is 8.19. The van der Waals surface area contributed by atoms with E-state index in [9.17, 15) is 10.2 Å². The zero-order chi connectivity index (χ0) is 21.8. The van der Waals surface area contributed by atoms with Crippen molar-refractivity contribution in [2.45, 2.75) is 37.6 Å². The number of aromatic nitrogens is 1. The fourth-order valence-corrected chi connectivity index (χ4v) is 6.42. The van der Waals surface area contributed by atoms with Gasteiger partial charge in [-0.15, -0.1) is 0 Å². The van der Waals surface area contributed by atoms with E-state index in [2.05, 4.69) is 34.1 Å². The number of allylic oxidation sites excluding steroid dienone is 2. The van der Waals surface area contributed by atoms with Gasteiger partial charge in [0, 0.05) is 55.7 Å². The minimum absolute atomic E-state index is 0.312. The highest BCUT2D eigenvalue weighted by atomic mass is 16.5. The van der Waals surface area contributed by atoms with Crippen molar-refractivity contribution in [1.82, 2.24) is 9.47 Å². The molecule has 2 fully saturated rings. The summed E-state index contributed by atoms with van der Waals surface area (Å²) in [6.07, 6.45) is 7.77. The zero-order valence-electron chi connectivity index (χ0n) is 18.8. The summed E-state index contributed by atoms with van der Waals surface area (Å²) in [5.41, 5.74) is 3.21. The smallest absolute Gasteiger partial charge is 0.198 e. The molecule has 6 nitrogen and oxygen atoms in total. The number of anilines is 1. The first-order chi connectivity index (χ1) is 15.7. The second-order valence-corrected chi connectivity index (χ2v) is 9.83. The lowest BCUT2D eigenvalue weighted by Gasteiger charge is -2.36. The molecule has 4 aliphatic carbocycles. The van der Waals surface area contributed by atoms with E-state index in [1.807, 2.05) is 12.1 Å². The Bertz CT molecular complexity index is 996. The van der Waals surface area contributed by atoms with Gasteiger partial charge in [-0.05, 0) is 49.8 Å². The highest BCUT2D eigenvalue weighted by molar-refractivity contribution is 5.59. The Morgan fingerprint density at radius 2 is 1.50 bits per heavy atom. The maximum Gasteiger partial charge on any atom is 0.198 e. The molecule has 170 valence electrons. The second kappa shape index (κ2) is 7.77. The van der Waals surface area contributed by atoms with Crippen LogP contribution in [0.4, 0.5) is 5.69 Å². The fourth-order valence-electron chi connectivity index (χ4n) is 6.42. The molecule has 1 saturated carbocycles. The predicted octanol–water partition coefficient (Wildman–Crippen LogP) is 3.90. The van der Waals surface area contributed by atoms with Crippen LogP contribution in [0, 0.1) is 11.8 Å². The molecule has 0 radical (unpaired) electrons. The van der Waals surface area contributed by atoms with Gasteiger partial charge >= 0.3 is 0 Å². The van der Waals surface area contributed by atoms with Gasteiger partial charge in [-0.2, -0.15) is 0 Å². The lowest BCUT2D eigenvalue weighted by molar-refractivity contribution is 0.249. The van der Waals surface area contributed by atoms with E-state index in [0.29, 0.717) is 42.0 Å². The van der Waals surface area contributed by atoms with Crippen molar-refractivity contribution in [2.24, 2.45) is 11.8 Å². The molecule has 0 amide bonds. The molecule has 1 aliphatic heterocycles. The second-order valence-electron chi connectivity index (χ2n) is 9.83. The summed E-state index contributed by atoms with van der Waals surface area (Å²) in [6, 6.07) is 8.24. The first kappa shape index (κ1) is 20.0. The Labute approximate surface area is 189 Å². The topological polar surface area (TPSA) is 61.1 Å². The average Bonchev–Trinajstić information content (AvgIpc) is 3.62. The van der Waals surface area contributed by atoms with Crippen molar-refractivity contribution in [3.63, 3.8) is 0 Å². The van der Waals surface area contributed by atoms with Crippen molar-refractivity contribution >= 4 is 5.69 Å². The minimum atomic E-state index is 0.312. The number of methoxy groups -OCH3 is 1. The normalized spacial score (nSPS) is 28.0. The summed E-state index contributed by atoms with van der Waals surface area (Å²) in [5.74, 6) is 3.57. The lowest BCUT2D eigenvalue weighted by Crippen LogP contribution is -2.46. The molecule has 1 saturated heterocycles. The largest absolute Gasteiger partial charge is 0.495 e. The van der Waals surface area contributed by atoms with E-state index < -0.39 is 0 Å². The van der Waals surface area contributed by atoms with Gasteiger partial charge in [0.25, 0.3) is 0 Å². The maximum atomic E-state index is 10.9. The van der Waals surface area contributed by atoms with E-state index in [1.165, 1.54) is 12.1 Å². The van der Waals surface area contributed by atoms with E-state index >= 15 is 0 Å². The van der Waals surface area contributed by atoms with Crippen LogP contribution in [-0.2, 0) is 6.54 Å². The van der Waals surface area contributed by atoms with Gasteiger partial charge in [0.2, 0.25) is 0 Å². The van der Waals surface area contributed by atoms with Gasteiger partial charge < -0.3 is 19.8 Å². The molecule has 32 heavy (non-hydrogen) atoms. The molecule has 6 heteroatoms. The molecule has 5 aliphatic rings. The minimum Gasteiger partial charge on any atom is -0.495 e. The standard InChI is InChI=1S/C26H33N3O3/c1-32-22-7-3-2-6-21(22)28-14-12-27(13-15-28)10-4-5-11-29-25(30)23-17-8-9-18(20-16-19(17)20)24(23)26(29)31/h2-3,6-9,17-20,30-31H,4-5,10-16H2,1H3. The summed E-state index contributed by atoms with van der Waals surface area (Å²) in [6.45, 7) is 5.84. The first-order valence-electron chi connectivity index (χ1n) is 12.1. The SMILES string of the molecule is COc1ccccc1N1CCN(CCCCn2c(O)c3c(c2O)C2C=CC3C3CC23)CC1. The zero-order valence-corrected chi connectivity index (χ0v) is 18.8. The quantitative estimate of drug-likeness (QED) is 0.510. The summed E-state index contributed by atoms with van der Waals surface area (Å²) >= 11 is 0. The summed E-state index contributed by atoms with van der Waals surface area (Å²) in [5, 5.41) is 21.8. The highest BCUT2D eigenvalue weighted by Gasteiger charge is 2.56. The third kappa shape index (κ3) is 3.11. The van der Waals surface area contributed by atoms with Gasteiger partial charge in [-0.3, -0.25) is 9.47 Å². The van der Waals surface area contributed by atoms with Crippen LogP contribution in [0.25, 0.3) is 0 Å². The van der Waals surface area contributed by atoms with Gasteiger partial charge in [-0.1, -0.05) is 24.3 Å². The molecule has 2 aromatic rings. The molecule has 2 N–H and O–H groups in total. The van der Waals surface area contributed by atoms with Crippen LogP contribution in [-0.4, -0.2) is 59.5 Å². The van der Waals surface area contributed by atoms with Crippen LogP contribution in [0.2, 0.25) is 0 Å². The maximum absolute atomic E-state index is 10.9. The molecule has 4 atom stereocenters. The number of piperazine rings is 1. The Balaban J connectivity index is 1.02. The third-order valence-corrected chi connectivity index (χ3v) is 8.19. The molecular weight excluding hydrogens is 402 g/mol. The van der Waals surface area contributed by atoms with E-state index in [0.717, 1.165) is 62.4 Å². The van der Waals surface area contributed by atoms with E-state index in [-0.39, 0.29) is 0 Å². The van der Waals surface area contributed by atoms with Crippen LogP contribution in [0.3, 0.4) is 0 Å². The molecule has 7 rings (SSSR count). The number of para-hydroxylation sites is 2. The Kier molecular flexibility index (Phi) is 4.86. The average molecular weight is 436 g/mol.